The number of carbonyl (C=O) groups is 2. The van der Waals surface area contributed by atoms with Crippen LogP contribution in [0.15, 0.2) is 24.3 Å². The van der Waals surface area contributed by atoms with Gasteiger partial charge in [0.15, 0.2) is 11.5 Å². The maximum absolute atomic E-state index is 12.3. The van der Waals surface area contributed by atoms with Gasteiger partial charge in [0.2, 0.25) is 0 Å². The van der Waals surface area contributed by atoms with Crippen molar-refractivity contribution in [2.45, 2.75) is 63.8 Å². The number of rotatable bonds is 3. The lowest BCUT2D eigenvalue weighted by molar-refractivity contribution is -0.140. The lowest BCUT2D eigenvalue weighted by Crippen LogP contribution is -2.63. The van der Waals surface area contributed by atoms with Crippen LogP contribution in [0.3, 0.4) is 0 Å². The summed E-state index contributed by atoms with van der Waals surface area (Å²) in [6, 6.07) is 7.34. The van der Waals surface area contributed by atoms with Crippen molar-refractivity contribution in [3.05, 3.63) is 24.3 Å². The normalized spacial score (nSPS) is 23.3. The molecule has 0 aliphatic carbocycles. The zero-order chi connectivity index (χ0) is 19.7. The number of benzene rings is 1. The summed E-state index contributed by atoms with van der Waals surface area (Å²) in [5.41, 5.74) is -0.201. The predicted molar refractivity (Wildman–Crippen MR) is 102 cm³/mol. The fourth-order valence-corrected chi connectivity index (χ4v) is 4.13. The molecule has 0 aromatic heterocycles. The van der Waals surface area contributed by atoms with E-state index in [2.05, 4.69) is 43.6 Å². The van der Waals surface area contributed by atoms with E-state index in [1.54, 1.807) is 0 Å². The topological polar surface area (TPSA) is 88.7 Å². The molecule has 0 spiro atoms. The van der Waals surface area contributed by atoms with Gasteiger partial charge < -0.3 is 25.4 Å². The first-order chi connectivity index (χ1) is 12.6. The molecular formula is C20H29N3O4. The van der Waals surface area contributed by atoms with Crippen molar-refractivity contribution in [1.29, 1.82) is 0 Å². The lowest BCUT2D eigenvalue weighted by atomic mass is 9.79. The molecule has 1 aromatic carbocycles. The maximum atomic E-state index is 12.3. The van der Waals surface area contributed by atoms with Crippen LogP contribution in [-0.2, 0) is 9.59 Å². The molecule has 3 rings (SSSR count). The molecule has 2 heterocycles. The molecule has 2 aliphatic heterocycles. The van der Waals surface area contributed by atoms with Crippen molar-refractivity contribution < 1.29 is 19.1 Å². The van der Waals surface area contributed by atoms with E-state index >= 15 is 0 Å². The molecule has 0 radical (unpaired) electrons. The molecule has 0 unspecified atom stereocenters. The van der Waals surface area contributed by atoms with Crippen LogP contribution in [0.25, 0.3) is 0 Å². The van der Waals surface area contributed by atoms with Crippen molar-refractivity contribution in [3.63, 3.8) is 0 Å². The lowest BCUT2D eigenvalue weighted by Gasteiger charge is -2.46. The summed E-state index contributed by atoms with van der Waals surface area (Å²) in [7, 11) is 0. The molecule has 27 heavy (non-hydrogen) atoms. The first-order valence-electron chi connectivity index (χ1n) is 9.40. The third-order valence-corrected chi connectivity index (χ3v) is 4.79. The van der Waals surface area contributed by atoms with Crippen LogP contribution in [0.1, 0.15) is 40.5 Å². The summed E-state index contributed by atoms with van der Waals surface area (Å²) < 4.78 is 11.4. The minimum Gasteiger partial charge on any atom is -0.486 e. The Kier molecular flexibility index (Phi) is 5.33. The number of amides is 2. The highest BCUT2D eigenvalue weighted by Crippen LogP contribution is 2.31. The van der Waals surface area contributed by atoms with Crippen LogP contribution >= 0.6 is 0 Å². The zero-order valence-electron chi connectivity index (χ0n) is 16.4. The Balaban J connectivity index is 1.48. The summed E-state index contributed by atoms with van der Waals surface area (Å²) in [5.74, 6) is 0.0813. The molecule has 1 fully saturated rings. The minimum absolute atomic E-state index is 0.0457. The van der Waals surface area contributed by atoms with Crippen LogP contribution in [0, 0.1) is 0 Å². The summed E-state index contributed by atoms with van der Waals surface area (Å²) in [6.45, 7) is 8.95. The van der Waals surface area contributed by atoms with Gasteiger partial charge in [-0.15, -0.1) is 0 Å². The van der Waals surface area contributed by atoms with Gasteiger partial charge >= 0.3 is 11.8 Å². The molecule has 1 saturated heterocycles. The van der Waals surface area contributed by atoms with Gasteiger partial charge in [0.1, 0.15) is 12.7 Å². The average molecular weight is 375 g/mol. The number of para-hydroxylation sites is 2. The van der Waals surface area contributed by atoms with Crippen LogP contribution in [0.2, 0.25) is 0 Å². The molecule has 7 nitrogen and oxygen atoms in total. The monoisotopic (exact) mass is 375 g/mol. The highest BCUT2D eigenvalue weighted by Gasteiger charge is 2.38. The van der Waals surface area contributed by atoms with E-state index in [1.165, 1.54) is 0 Å². The van der Waals surface area contributed by atoms with Crippen molar-refractivity contribution in [1.82, 2.24) is 16.0 Å². The van der Waals surface area contributed by atoms with Gasteiger partial charge in [-0.25, -0.2) is 0 Å². The zero-order valence-corrected chi connectivity index (χ0v) is 16.4. The SMILES string of the molecule is CC1(C)CC(NC(=O)C(=O)NC[C@H]2COc3ccccc3O2)CC(C)(C)N1. The Morgan fingerprint density at radius 3 is 2.37 bits per heavy atom. The standard InChI is InChI=1S/C20H29N3O4/c1-19(2)9-13(10-20(3,4)23-19)22-18(25)17(24)21-11-14-12-26-15-7-5-6-8-16(15)27-14/h5-8,13-14,23H,9-12H2,1-4H3,(H,21,24)(H,22,25)/t14-/m0/s1. The van der Waals surface area contributed by atoms with Crippen molar-refractivity contribution >= 4 is 11.8 Å². The molecule has 0 saturated carbocycles. The van der Waals surface area contributed by atoms with Gasteiger partial charge in [0.25, 0.3) is 0 Å². The predicted octanol–water partition coefficient (Wildman–Crippen LogP) is 1.37. The number of carbonyl (C=O) groups excluding carboxylic acids is 2. The highest BCUT2D eigenvalue weighted by molar-refractivity contribution is 6.35. The third kappa shape index (κ3) is 5.13. The second kappa shape index (κ2) is 7.38. The van der Waals surface area contributed by atoms with Gasteiger partial charge in [-0.1, -0.05) is 12.1 Å². The van der Waals surface area contributed by atoms with Crippen molar-refractivity contribution in [2.75, 3.05) is 13.2 Å². The van der Waals surface area contributed by atoms with Crippen LogP contribution < -0.4 is 25.4 Å². The Morgan fingerprint density at radius 2 is 1.70 bits per heavy atom. The Hall–Kier alpha value is -2.28. The smallest absolute Gasteiger partial charge is 0.309 e. The highest BCUT2D eigenvalue weighted by atomic mass is 16.6. The van der Waals surface area contributed by atoms with Gasteiger partial charge in [0, 0.05) is 17.1 Å². The molecule has 7 heteroatoms. The van der Waals surface area contributed by atoms with Crippen LogP contribution in [-0.4, -0.2) is 48.2 Å². The fourth-order valence-electron chi connectivity index (χ4n) is 4.13. The van der Waals surface area contributed by atoms with E-state index < -0.39 is 11.8 Å². The summed E-state index contributed by atoms with van der Waals surface area (Å²) >= 11 is 0. The average Bonchev–Trinajstić information content (AvgIpc) is 2.56. The van der Waals surface area contributed by atoms with E-state index in [1.807, 2.05) is 24.3 Å². The van der Waals surface area contributed by atoms with Gasteiger partial charge in [-0.3, -0.25) is 9.59 Å². The van der Waals surface area contributed by atoms with E-state index in [0.717, 1.165) is 12.8 Å². The van der Waals surface area contributed by atoms with Crippen molar-refractivity contribution in [3.8, 4) is 11.5 Å². The minimum atomic E-state index is -0.647. The Labute approximate surface area is 160 Å². The van der Waals surface area contributed by atoms with E-state index in [-0.39, 0.29) is 29.8 Å². The number of fused-ring (bicyclic) bond motifs is 1. The summed E-state index contributed by atoms with van der Waals surface area (Å²) in [5, 5.41) is 9.07. The Bertz CT molecular complexity index is 701. The van der Waals surface area contributed by atoms with Crippen LogP contribution in [0.5, 0.6) is 11.5 Å². The number of piperidine rings is 1. The summed E-state index contributed by atoms with van der Waals surface area (Å²) in [6.07, 6.45) is 1.21. The molecule has 2 aliphatic rings. The molecule has 1 aromatic rings. The number of hydrogen-bond acceptors (Lipinski definition) is 5. The largest absolute Gasteiger partial charge is 0.486 e. The van der Waals surface area contributed by atoms with Gasteiger partial charge in [-0.2, -0.15) is 0 Å². The maximum Gasteiger partial charge on any atom is 0.309 e. The first-order valence-corrected chi connectivity index (χ1v) is 9.40. The van der Waals surface area contributed by atoms with Gasteiger partial charge in [-0.05, 0) is 52.7 Å². The van der Waals surface area contributed by atoms with E-state index in [9.17, 15) is 9.59 Å². The molecule has 1 atom stereocenters. The van der Waals surface area contributed by atoms with E-state index in [4.69, 9.17) is 9.47 Å². The van der Waals surface area contributed by atoms with Crippen LogP contribution in [0.4, 0.5) is 0 Å². The molecule has 0 bridgehead atoms. The molecule has 148 valence electrons. The molecule has 3 N–H and O–H groups in total. The first kappa shape index (κ1) is 19.5. The quantitative estimate of drug-likeness (QED) is 0.695. The number of hydrogen-bond donors (Lipinski definition) is 3. The Morgan fingerprint density at radius 1 is 1.07 bits per heavy atom. The number of ether oxygens (including phenoxy) is 2. The number of nitrogens with one attached hydrogen (secondary N) is 3. The van der Waals surface area contributed by atoms with Crippen molar-refractivity contribution in [2.24, 2.45) is 0 Å². The third-order valence-electron chi connectivity index (χ3n) is 4.79. The van der Waals surface area contributed by atoms with E-state index in [0.29, 0.717) is 18.1 Å². The second-order valence-corrected chi connectivity index (χ2v) is 8.68. The van der Waals surface area contributed by atoms with Gasteiger partial charge in [0.05, 0.1) is 6.54 Å². The second-order valence-electron chi connectivity index (χ2n) is 8.68. The fraction of sp³-hybridized carbons (Fsp3) is 0.600. The molecular weight excluding hydrogens is 346 g/mol. The molecule has 2 amide bonds. The summed E-state index contributed by atoms with van der Waals surface area (Å²) in [4.78, 5) is 24.5.